The summed E-state index contributed by atoms with van der Waals surface area (Å²) in [5.41, 5.74) is 0.900. The van der Waals surface area contributed by atoms with Crippen LogP contribution in [0, 0.1) is 0 Å². The summed E-state index contributed by atoms with van der Waals surface area (Å²) in [4.78, 5) is 25.6. The van der Waals surface area contributed by atoms with Crippen molar-refractivity contribution >= 4 is 51.2 Å². The van der Waals surface area contributed by atoms with Crippen LogP contribution >= 0.6 is 34.5 Å². The molecule has 0 atom stereocenters. The van der Waals surface area contributed by atoms with Gasteiger partial charge in [0.25, 0.3) is 0 Å². The van der Waals surface area contributed by atoms with Gasteiger partial charge in [0.2, 0.25) is 5.91 Å². The number of hydrogen-bond acceptors (Lipinski definition) is 3. The standard InChI is InChI=1S/C18H19Cl2NO2S/c1-2-3-4-7-12-10-14(18(24-12)21-16(22)11-19)17(23)13-8-5-6-9-15(13)20/h5-6,8-10H,2-4,7,11H2,1H3,(H,21,22). The van der Waals surface area contributed by atoms with E-state index in [1.807, 2.05) is 6.07 Å². The molecule has 0 aliphatic carbocycles. The number of amides is 1. The topological polar surface area (TPSA) is 46.2 Å². The maximum Gasteiger partial charge on any atom is 0.239 e. The number of carbonyl (C=O) groups excluding carboxylic acids is 2. The maximum absolute atomic E-state index is 12.8. The second kappa shape index (κ2) is 9.21. The Morgan fingerprint density at radius 3 is 2.58 bits per heavy atom. The summed E-state index contributed by atoms with van der Waals surface area (Å²) >= 11 is 13.1. The lowest BCUT2D eigenvalue weighted by molar-refractivity contribution is -0.113. The van der Waals surface area contributed by atoms with Crippen LogP contribution in [0.25, 0.3) is 0 Å². The predicted octanol–water partition coefficient (Wildman–Crippen LogP) is 5.54. The molecule has 0 radical (unpaired) electrons. The van der Waals surface area contributed by atoms with Crippen LogP contribution in [0.15, 0.2) is 30.3 Å². The fourth-order valence-electron chi connectivity index (χ4n) is 2.33. The number of ketones is 1. The summed E-state index contributed by atoms with van der Waals surface area (Å²) in [6.45, 7) is 2.15. The Kier molecular flexibility index (Phi) is 7.28. The summed E-state index contributed by atoms with van der Waals surface area (Å²) in [5, 5.41) is 3.66. The molecule has 0 unspecified atom stereocenters. The van der Waals surface area contributed by atoms with Crippen molar-refractivity contribution in [2.75, 3.05) is 11.2 Å². The average Bonchev–Trinajstić information content (AvgIpc) is 2.97. The van der Waals surface area contributed by atoms with Crippen LogP contribution in [0.3, 0.4) is 0 Å². The number of alkyl halides is 1. The summed E-state index contributed by atoms with van der Waals surface area (Å²) in [6.07, 6.45) is 4.21. The quantitative estimate of drug-likeness (QED) is 0.369. The zero-order chi connectivity index (χ0) is 17.5. The van der Waals surface area contributed by atoms with Crippen molar-refractivity contribution in [3.05, 3.63) is 51.4 Å². The van der Waals surface area contributed by atoms with Gasteiger partial charge in [-0.15, -0.1) is 22.9 Å². The minimum Gasteiger partial charge on any atom is -0.316 e. The van der Waals surface area contributed by atoms with Gasteiger partial charge in [-0.2, -0.15) is 0 Å². The van der Waals surface area contributed by atoms with E-state index < -0.39 is 0 Å². The summed E-state index contributed by atoms with van der Waals surface area (Å²) in [5.74, 6) is -0.668. The van der Waals surface area contributed by atoms with Crippen molar-refractivity contribution < 1.29 is 9.59 Å². The van der Waals surface area contributed by atoms with Crippen LogP contribution in [0.2, 0.25) is 5.02 Å². The molecule has 1 aromatic heterocycles. The number of unbranched alkanes of at least 4 members (excludes halogenated alkanes) is 2. The molecule has 6 heteroatoms. The third kappa shape index (κ3) is 4.82. The number of halogens is 2. The molecule has 1 N–H and O–H groups in total. The Hall–Kier alpha value is -1.36. The monoisotopic (exact) mass is 383 g/mol. The van der Waals surface area contributed by atoms with Gasteiger partial charge < -0.3 is 5.32 Å². The molecule has 0 bridgehead atoms. The highest BCUT2D eigenvalue weighted by Crippen LogP contribution is 2.32. The smallest absolute Gasteiger partial charge is 0.239 e. The molecule has 1 amide bonds. The molecule has 128 valence electrons. The molecule has 1 heterocycles. The summed E-state index contributed by atoms with van der Waals surface area (Å²) < 4.78 is 0. The van der Waals surface area contributed by atoms with Crippen LogP contribution in [0.5, 0.6) is 0 Å². The lowest BCUT2D eigenvalue weighted by atomic mass is 10.0. The number of anilines is 1. The highest BCUT2D eigenvalue weighted by molar-refractivity contribution is 7.16. The molecule has 0 fully saturated rings. The van der Waals surface area contributed by atoms with Gasteiger partial charge in [-0.25, -0.2) is 0 Å². The van der Waals surface area contributed by atoms with E-state index in [2.05, 4.69) is 12.2 Å². The van der Waals surface area contributed by atoms with Crippen LogP contribution in [0.1, 0.15) is 47.0 Å². The molecule has 0 aliphatic rings. The first-order valence-corrected chi connectivity index (χ1v) is 9.57. The Bertz CT molecular complexity index is 728. The van der Waals surface area contributed by atoms with Gasteiger partial charge in [0, 0.05) is 10.4 Å². The molecule has 24 heavy (non-hydrogen) atoms. The Morgan fingerprint density at radius 2 is 1.92 bits per heavy atom. The average molecular weight is 384 g/mol. The highest BCUT2D eigenvalue weighted by atomic mass is 35.5. The molecule has 0 spiro atoms. The molecule has 2 aromatic rings. The minimum absolute atomic E-state index is 0.150. The highest BCUT2D eigenvalue weighted by Gasteiger charge is 2.20. The summed E-state index contributed by atoms with van der Waals surface area (Å²) in [7, 11) is 0. The fraction of sp³-hybridized carbons (Fsp3) is 0.333. The van der Waals surface area contributed by atoms with E-state index in [4.69, 9.17) is 23.2 Å². The molecule has 1 aromatic carbocycles. The molecule has 2 rings (SSSR count). The normalized spacial score (nSPS) is 10.6. The molecule has 3 nitrogen and oxygen atoms in total. The van der Waals surface area contributed by atoms with Gasteiger partial charge in [0.05, 0.1) is 10.6 Å². The van der Waals surface area contributed by atoms with E-state index in [-0.39, 0.29) is 17.6 Å². The third-order valence-corrected chi connectivity index (χ3v) is 5.23. The van der Waals surface area contributed by atoms with Crippen molar-refractivity contribution in [3.63, 3.8) is 0 Å². The van der Waals surface area contributed by atoms with Crippen LogP contribution in [-0.4, -0.2) is 17.6 Å². The molecule has 0 aliphatic heterocycles. The van der Waals surface area contributed by atoms with E-state index in [0.29, 0.717) is 21.2 Å². The Balaban J connectivity index is 2.33. The zero-order valence-corrected chi connectivity index (χ0v) is 15.7. The predicted molar refractivity (Wildman–Crippen MR) is 102 cm³/mol. The lowest BCUT2D eigenvalue weighted by Gasteiger charge is -2.05. The number of hydrogen-bond donors (Lipinski definition) is 1. The molecular weight excluding hydrogens is 365 g/mol. The number of nitrogens with one attached hydrogen (secondary N) is 1. The number of rotatable bonds is 8. The fourth-order valence-corrected chi connectivity index (χ4v) is 3.73. The Labute approximate surface area is 156 Å². The SMILES string of the molecule is CCCCCc1cc(C(=O)c2ccccc2Cl)c(NC(=O)CCl)s1. The lowest BCUT2D eigenvalue weighted by Crippen LogP contribution is -2.14. The Morgan fingerprint density at radius 1 is 1.17 bits per heavy atom. The first kappa shape index (κ1) is 19.0. The van der Waals surface area contributed by atoms with E-state index in [1.165, 1.54) is 11.3 Å². The number of thiophene rings is 1. The van der Waals surface area contributed by atoms with Crippen molar-refractivity contribution in [3.8, 4) is 0 Å². The van der Waals surface area contributed by atoms with Gasteiger partial charge in [-0.1, -0.05) is 43.5 Å². The van der Waals surface area contributed by atoms with Crippen LogP contribution < -0.4 is 5.32 Å². The summed E-state index contributed by atoms with van der Waals surface area (Å²) in [6, 6.07) is 8.77. The van der Waals surface area contributed by atoms with E-state index in [0.717, 1.165) is 30.6 Å². The van der Waals surface area contributed by atoms with E-state index in [1.54, 1.807) is 24.3 Å². The third-order valence-electron chi connectivity index (χ3n) is 3.55. The maximum atomic E-state index is 12.8. The van der Waals surface area contributed by atoms with E-state index in [9.17, 15) is 9.59 Å². The van der Waals surface area contributed by atoms with Crippen molar-refractivity contribution in [2.45, 2.75) is 32.6 Å². The molecule has 0 saturated carbocycles. The number of aryl methyl sites for hydroxylation is 1. The van der Waals surface area contributed by atoms with Crippen LogP contribution in [-0.2, 0) is 11.2 Å². The minimum atomic E-state index is -0.327. The largest absolute Gasteiger partial charge is 0.316 e. The van der Waals surface area contributed by atoms with Gasteiger partial charge in [-0.05, 0) is 31.0 Å². The zero-order valence-electron chi connectivity index (χ0n) is 13.4. The van der Waals surface area contributed by atoms with Gasteiger partial charge >= 0.3 is 0 Å². The van der Waals surface area contributed by atoms with Crippen molar-refractivity contribution in [2.24, 2.45) is 0 Å². The second-order valence-corrected chi connectivity index (χ2v) is 7.21. The molecule has 0 saturated heterocycles. The van der Waals surface area contributed by atoms with Gasteiger partial charge in [0.1, 0.15) is 10.9 Å². The molecular formula is C18H19Cl2NO2S. The van der Waals surface area contributed by atoms with E-state index >= 15 is 0 Å². The van der Waals surface area contributed by atoms with Crippen molar-refractivity contribution in [1.29, 1.82) is 0 Å². The first-order valence-electron chi connectivity index (χ1n) is 7.84. The number of carbonyl (C=O) groups is 2. The number of benzene rings is 1. The van der Waals surface area contributed by atoms with Crippen LogP contribution in [0.4, 0.5) is 5.00 Å². The van der Waals surface area contributed by atoms with Gasteiger partial charge in [0.15, 0.2) is 5.78 Å². The van der Waals surface area contributed by atoms with Gasteiger partial charge in [-0.3, -0.25) is 9.59 Å². The first-order chi connectivity index (χ1) is 11.6. The van der Waals surface area contributed by atoms with Crippen molar-refractivity contribution in [1.82, 2.24) is 0 Å². The second-order valence-electron chi connectivity index (χ2n) is 5.40.